The third-order valence-electron chi connectivity index (χ3n) is 4.48. The van der Waals surface area contributed by atoms with E-state index in [4.69, 9.17) is 19.2 Å². The highest BCUT2D eigenvalue weighted by molar-refractivity contribution is 5.85. The Morgan fingerprint density at radius 3 is 2.72 bits per heavy atom. The van der Waals surface area contributed by atoms with Crippen molar-refractivity contribution in [2.75, 3.05) is 25.6 Å². The number of methoxy groups -OCH3 is 1. The molecule has 0 fully saturated rings. The molecule has 3 aromatic rings. The van der Waals surface area contributed by atoms with Gasteiger partial charge in [-0.2, -0.15) is 0 Å². The van der Waals surface area contributed by atoms with Crippen molar-refractivity contribution in [3.8, 4) is 0 Å². The summed E-state index contributed by atoms with van der Waals surface area (Å²) in [5, 5.41) is 2.73. The molecule has 0 atom stereocenters. The predicted molar refractivity (Wildman–Crippen MR) is 108 cm³/mol. The topological polar surface area (TPSA) is 83.3 Å². The lowest BCUT2D eigenvalue weighted by Gasteiger charge is -2.14. The van der Waals surface area contributed by atoms with Gasteiger partial charge in [0.05, 0.1) is 18.0 Å². The SMILES string of the molecule is COCCOC(=O)Nc1cccc(C)c1COOCc1c(C)nc2ccccn12. The summed E-state index contributed by atoms with van der Waals surface area (Å²) >= 11 is 0. The largest absolute Gasteiger partial charge is 0.447 e. The Balaban J connectivity index is 1.59. The van der Waals surface area contributed by atoms with Gasteiger partial charge in [0.1, 0.15) is 25.5 Å². The van der Waals surface area contributed by atoms with Crippen LogP contribution < -0.4 is 5.32 Å². The summed E-state index contributed by atoms with van der Waals surface area (Å²) in [6.45, 7) is 4.83. The number of benzene rings is 1. The maximum Gasteiger partial charge on any atom is 0.411 e. The average molecular weight is 399 g/mol. The number of aromatic nitrogens is 2. The van der Waals surface area contributed by atoms with Crippen molar-refractivity contribution in [1.82, 2.24) is 9.38 Å². The van der Waals surface area contributed by atoms with Gasteiger partial charge >= 0.3 is 6.09 Å². The van der Waals surface area contributed by atoms with Crippen LogP contribution in [0.1, 0.15) is 22.5 Å². The van der Waals surface area contributed by atoms with Crippen molar-refractivity contribution in [1.29, 1.82) is 0 Å². The second kappa shape index (κ2) is 10.0. The first-order chi connectivity index (χ1) is 14.1. The number of carbonyl (C=O) groups excluding carboxylic acids is 1. The first kappa shape index (κ1) is 20.8. The zero-order chi connectivity index (χ0) is 20.6. The zero-order valence-electron chi connectivity index (χ0n) is 16.8. The molecule has 8 nitrogen and oxygen atoms in total. The number of hydrogen-bond donors (Lipinski definition) is 1. The predicted octanol–water partition coefficient (Wildman–Crippen LogP) is 3.79. The number of amides is 1. The Bertz CT molecular complexity index is 970. The number of rotatable bonds is 9. The summed E-state index contributed by atoms with van der Waals surface area (Å²) in [5.74, 6) is 0. The van der Waals surface area contributed by atoms with Gasteiger partial charge in [-0.1, -0.05) is 18.2 Å². The molecule has 0 unspecified atom stereocenters. The van der Waals surface area contributed by atoms with Crippen molar-refractivity contribution in [2.45, 2.75) is 27.1 Å². The van der Waals surface area contributed by atoms with E-state index in [0.717, 1.165) is 28.2 Å². The molecular weight excluding hydrogens is 374 g/mol. The summed E-state index contributed by atoms with van der Waals surface area (Å²) in [6.07, 6.45) is 1.39. The second-order valence-electron chi connectivity index (χ2n) is 6.45. The molecule has 29 heavy (non-hydrogen) atoms. The van der Waals surface area contributed by atoms with Crippen molar-refractivity contribution in [3.63, 3.8) is 0 Å². The number of carbonyl (C=O) groups is 1. The minimum Gasteiger partial charge on any atom is -0.447 e. The van der Waals surface area contributed by atoms with Gasteiger partial charge in [0.2, 0.25) is 0 Å². The maximum atomic E-state index is 11.9. The van der Waals surface area contributed by atoms with E-state index in [1.165, 1.54) is 0 Å². The second-order valence-corrected chi connectivity index (χ2v) is 6.45. The molecule has 1 amide bonds. The highest BCUT2D eigenvalue weighted by Gasteiger charge is 2.12. The Kier molecular flexibility index (Phi) is 7.18. The van der Waals surface area contributed by atoms with Crippen LogP contribution >= 0.6 is 0 Å². The quantitative estimate of drug-likeness (QED) is 0.335. The highest BCUT2D eigenvalue weighted by atomic mass is 17.2. The van der Waals surface area contributed by atoms with E-state index in [1.807, 2.05) is 54.8 Å². The number of aryl methyl sites for hydroxylation is 2. The molecule has 0 aliphatic heterocycles. The third kappa shape index (κ3) is 5.32. The van der Waals surface area contributed by atoms with Gasteiger partial charge in [-0.15, -0.1) is 0 Å². The third-order valence-corrected chi connectivity index (χ3v) is 4.48. The van der Waals surface area contributed by atoms with E-state index in [9.17, 15) is 4.79 Å². The van der Waals surface area contributed by atoms with Crippen LogP contribution in [0.15, 0.2) is 42.6 Å². The zero-order valence-corrected chi connectivity index (χ0v) is 16.8. The van der Waals surface area contributed by atoms with Crippen molar-refractivity contribution in [2.24, 2.45) is 0 Å². The fraction of sp³-hybridized carbons (Fsp3) is 0.333. The van der Waals surface area contributed by atoms with Crippen LogP contribution in [0.2, 0.25) is 0 Å². The molecule has 0 spiro atoms. The minimum atomic E-state index is -0.545. The summed E-state index contributed by atoms with van der Waals surface area (Å²) in [4.78, 5) is 27.3. The molecule has 0 saturated heterocycles. The molecule has 2 heterocycles. The minimum absolute atomic E-state index is 0.177. The first-order valence-corrected chi connectivity index (χ1v) is 9.28. The first-order valence-electron chi connectivity index (χ1n) is 9.28. The number of ether oxygens (including phenoxy) is 2. The highest BCUT2D eigenvalue weighted by Crippen LogP contribution is 2.21. The molecule has 154 valence electrons. The van der Waals surface area contributed by atoms with Crippen LogP contribution in [0.5, 0.6) is 0 Å². The average Bonchev–Trinajstić information content (AvgIpc) is 3.02. The van der Waals surface area contributed by atoms with Gasteiger partial charge in [-0.05, 0) is 37.6 Å². The number of nitrogens with zero attached hydrogens (tertiary/aromatic N) is 2. The van der Waals surface area contributed by atoms with Crippen LogP contribution in [0.3, 0.4) is 0 Å². The molecule has 0 aliphatic carbocycles. The molecular formula is C21H25N3O5. The smallest absolute Gasteiger partial charge is 0.411 e. The van der Waals surface area contributed by atoms with E-state index in [1.54, 1.807) is 13.2 Å². The Morgan fingerprint density at radius 2 is 1.90 bits per heavy atom. The van der Waals surface area contributed by atoms with Gasteiger partial charge in [0.25, 0.3) is 0 Å². The van der Waals surface area contributed by atoms with Gasteiger partial charge in [-0.3, -0.25) is 5.32 Å². The van der Waals surface area contributed by atoms with E-state index in [-0.39, 0.29) is 19.8 Å². The lowest BCUT2D eigenvalue weighted by molar-refractivity contribution is -0.313. The van der Waals surface area contributed by atoms with Gasteiger partial charge in [0, 0.05) is 24.6 Å². The summed E-state index contributed by atoms with van der Waals surface area (Å²) < 4.78 is 11.9. The maximum absolute atomic E-state index is 11.9. The number of hydrogen-bond acceptors (Lipinski definition) is 6. The normalized spacial score (nSPS) is 11.0. The van der Waals surface area contributed by atoms with Crippen molar-refractivity contribution >= 4 is 17.4 Å². The number of fused-ring (bicyclic) bond motifs is 1. The monoisotopic (exact) mass is 399 g/mol. The van der Waals surface area contributed by atoms with Crippen molar-refractivity contribution < 1.29 is 24.0 Å². The number of pyridine rings is 1. The number of nitrogens with one attached hydrogen (secondary N) is 1. The fourth-order valence-corrected chi connectivity index (χ4v) is 2.91. The summed E-state index contributed by atoms with van der Waals surface area (Å²) in [5.41, 5.74) is 5.06. The van der Waals surface area contributed by atoms with E-state index in [0.29, 0.717) is 12.3 Å². The Hall–Kier alpha value is -2.94. The molecule has 2 aromatic heterocycles. The molecule has 0 aliphatic rings. The fourth-order valence-electron chi connectivity index (χ4n) is 2.91. The van der Waals surface area contributed by atoms with E-state index >= 15 is 0 Å². The molecule has 0 saturated carbocycles. The molecule has 8 heteroatoms. The standard InChI is InChI=1S/C21H25N3O5/c1-15-7-6-8-18(23-21(25)27-12-11-26-3)17(15)13-28-29-14-19-16(2)22-20-9-4-5-10-24(19)20/h4-10H,11-14H2,1-3H3,(H,23,25). The van der Waals surface area contributed by atoms with Gasteiger partial charge < -0.3 is 13.9 Å². The van der Waals surface area contributed by atoms with Crippen LogP contribution in [-0.4, -0.2) is 35.8 Å². The lowest BCUT2D eigenvalue weighted by atomic mass is 10.1. The Morgan fingerprint density at radius 1 is 1.07 bits per heavy atom. The molecule has 0 bridgehead atoms. The van der Waals surface area contributed by atoms with Crippen LogP contribution in [0.25, 0.3) is 5.65 Å². The van der Waals surface area contributed by atoms with Crippen LogP contribution in [-0.2, 0) is 32.5 Å². The van der Waals surface area contributed by atoms with Crippen LogP contribution in [0, 0.1) is 13.8 Å². The van der Waals surface area contributed by atoms with Gasteiger partial charge in [-0.25, -0.2) is 19.6 Å². The number of imidazole rings is 1. The van der Waals surface area contributed by atoms with Crippen molar-refractivity contribution in [3.05, 3.63) is 65.1 Å². The number of anilines is 1. The molecule has 0 radical (unpaired) electrons. The molecule has 3 rings (SSSR count). The van der Waals surface area contributed by atoms with Crippen LogP contribution in [0.4, 0.5) is 10.5 Å². The van der Waals surface area contributed by atoms with E-state index in [2.05, 4.69) is 10.3 Å². The Labute approximate surface area is 169 Å². The molecule has 1 N–H and O–H groups in total. The van der Waals surface area contributed by atoms with E-state index < -0.39 is 6.09 Å². The summed E-state index contributed by atoms with van der Waals surface area (Å²) in [6, 6.07) is 11.4. The lowest BCUT2D eigenvalue weighted by Crippen LogP contribution is -2.17. The summed E-state index contributed by atoms with van der Waals surface area (Å²) in [7, 11) is 1.55. The van der Waals surface area contributed by atoms with Gasteiger partial charge in [0.15, 0.2) is 0 Å². The molecule has 1 aromatic carbocycles.